The number of anilines is 1. The average Bonchev–Trinajstić information content (AvgIpc) is 2.94. The van der Waals surface area contributed by atoms with Gasteiger partial charge in [0.1, 0.15) is 18.3 Å². The van der Waals surface area contributed by atoms with Gasteiger partial charge in [-0.15, -0.1) is 0 Å². The van der Waals surface area contributed by atoms with Crippen LogP contribution in [0.4, 0.5) is 5.69 Å². The molecule has 0 aromatic heterocycles. The number of benzene rings is 3. The Labute approximate surface area is 238 Å². The Morgan fingerprint density at radius 1 is 0.950 bits per heavy atom. The summed E-state index contributed by atoms with van der Waals surface area (Å²) in [5.41, 5.74) is 2.80. The van der Waals surface area contributed by atoms with Crippen molar-refractivity contribution >= 4 is 27.5 Å². The smallest absolute Gasteiger partial charge is 0.244 e. The number of amides is 2. The Hall–Kier alpha value is -3.85. The molecule has 0 aliphatic rings. The maximum absolute atomic E-state index is 14.1. The van der Waals surface area contributed by atoms with Gasteiger partial charge in [0, 0.05) is 19.5 Å². The molecule has 0 saturated carbocycles. The van der Waals surface area contributed by atoms with Crippen LogP contribution in [0.3, 0.4) is 0 Å². The maximum atomic E-state index is 14.1. The van der Waals surface area contributed by atoms with Crippen molar-refractivity contribution in [3.05, 3.63) is 95.6 Å². The summed E-state index contributed by atoms with van der Waals surface area (Å²) in [5, 5.41) is 2.98. The number of sulfonamides is 1. The summed E-state index contributed by atoms with van der Waals surface area (Å²) < 4.78 is 32.5. The molecule has 3 aromatic rings. The van der Waals surface area contributed by atoms with Gasteiger partial charge in [-0.05, 0) is 42.2 Å². The number of rotatable bonds is 14. The molecule has 1 N–H and O–H groups in total. The number of nitrogens with one attached hydrogen (secondary N) is 1. The summed E-state index contributed by atoms with van der Waals surface area (Å²) in [4.78, 5) is 29.2. The van der Waals surface area contributed by atoms with Gasteiger partial charge >= 0.3 is 0 Å². The molecule has 0 radical (unpaired) electrons. The van der Waals surface area contributed by atoms with E-state index in [1.54, 1.807) is 12.1 Å². The van der Waals surface area contributed by atoms with E-state index in [-0.39, 0.29) is 24.6 Å². The number of carbonyl (C=O) groups excluding carboxylic acids is 2. The van der Waals surface area contributed by atoms with E-state index in [9.17, 15) is 18.0 Å². The third kappa shape index (κ3) is 8.58. The summed E-state index contributed by atoms with van der Waals surface area (Å²) in [5.74, 6) is -0.443. The van der Waals surface area contributed by atoms with Crippen molar-refractivity contribution in [1.29, 1.82) is 0 Å². The topological polar surface area (TPSA) is 96.0 Å². The van der Waals surface area contributed by atoms with Crippen molar-refractivity contribution in [2.24, 2.45) is 0 Å². The molecule has 2 amide bonds. The van der Waals surface area contributed by atoms with E-state index in [2.05, 4.69) is 5.32 Å². The van der Waals surface area contributed by atoms with E-state index in [0.29, 0.717) is 12.3 Å². The van der Waals surface area contributed by atoms with Gasteiger partial charge in [0.25, 0.3) is 0 Å². The predicted octanol–water partition coefficient (Wildman–Crippen LogP) is 4.33. The van der Waals surface area contributed by atoms with Gasteiger partial charge in [-0.2, -0.15) is 0 Å². The van der Waals surface area contributed by atoms with E-state index in [0.717, 1.165) is 40.1 Å². The Bertz CT molecular complexity index is 1360. The minimum atomic E-state index is -3.89. The largest absolute Gasteiger partial charge is 0.495 e. The number of methoxy groups -OCH3 is 1. The number of nitrogens with zero attached hydrogens (tertiary/aromatic N) is 2. The first kappa shape index (κ1) is 30.7. The number of hydrogen-bond donors (Lipinski definition) is 1. The zero-order valence-electron chi connectivity index (χ0n) is 23.7. The number of hydrogen-bond acceptors (Lipinski definition) is 5. The van der Waals surface area contributed by atoms with Crippen molar-refractivity contribution in [3.8, 4) is 5.75 Å². The van der Waals surface area contributed by atoms with E-state index in [4.69, 9.17) is 4.74 Å². The third-order valence-corrected chi connectivity index (χ3v) is 7.71. The number of carbonyl (C=O) groups is 2. The van der Waals surface area contributed by atoms with Crippen LogP contribution in [0.15, 0.2) is 78.9 Å². The fourth-order valence-corrected chi connectivity index (χ4v) is 5.27. The molecule has 40 heavy (non-hydrogen) atoms. The highest BCUT2D eigenvalue weighted by Gasteiger charge is 2.33. The Balaban J connectivity index is 2.05. The summed E-state index contributed by atoms with van der Waals surface area (Å²) in [6.45, 7) is 4.02. The molecular formula is C31H39N3O5S. The lowest BCUT2D eigenvalue weighted by molar-refractivity contribution is -0.140. The quantitative estimate of drug-likeness (QED) is 0.294. The first-order valence-electron chi connectivity index (χ1n) is 13.4. The molecule has 0 aliphatic heterocycles. The Morgan fingerprint density at radius 3 is 2.15 bits per heavy atom. The van der Waals surface area contributed by atoms with Crippen LogP contribution in [-0.2, 0) is 32.6 Å². The van der Waals surface area contributed by atoms with Crippen molar-refractivity contribution in [2.45, 2.75) is 45.7 Å². The average molecular weight is 566 g/mol. The molecule has 214 valence electrons. The van der Waals surface area contributed by atoms with Crippen LogP contribution in [0.25, 0.3) is 0 Å². The van der Waals surface area contributed by atoms with Crippen molar-refractivity contribution in [2.75, 3.05) is 30.8 Å². The molecule has 8 nitrogen and oxygen atoms in total. The van der Waals surface area contributed by atoms with Gasteiger partial charge in [0.05, 0.1) is 19.1 Å². The van der Waals surface area contributed by atoms with Crippen LogP contribution in [0, 0.1) is 6.92 Å². The van der Waals surface area contributed by atoms with Crippen molar-refractivity contribution < 1.29 is 22.7 Å². The second kappa shape index (κ2) is 14.5. The Kier molecular flexibility index (Phi) is 11.1. The van der Waals surface area contributed by atoms with Crippen LogP contribution in [0.2, 0.25) is 0 Å². The molecule has 3 rings (SSSR count). The number of ether oxygens (including phenoxy) is 1. The zero-order chi connectivity index (χ0) is 29.1. The molecule has 0 saturated heterocycles. The van der Waals surface area contributed by atoms with Gasteiger partial charge < -0.3 is 15.0 Å². The van der Waals surface area contributed by atoms with Gasteiger partial charge in [0.2, 0.25) is 21.8 Å². The second-order valence-electron chi connectivity index (χ2n) is 9.80. The fourth-order valence-electron chi connectivity index (χ4n) is 4.43. The van der Waals surface area contributed by atoms with E-state index < -0.39 is 28.5 Å². The molecule has 1 unspecified atom stereocenters. The number of aryl methyl sites for hydroxylation is 1. The van der Waals surface area contributed by atoms with Crippen LogP contribution in [0.1, 0.15) is 36.5 Å². The van der Waals surface area contributed by atoms with Crippen LogP contribution >= 0.6 is 0 Å². The normalized spacial score (nSPS) is 11.9. The van der Waals surface area contributed by atoms with Crippen molar-refractivity contribution in [1.82, 2.24) is 10.2 Å². The zero-order valence-corrected chi connectivity index (χ0v) is 24.5. The SMILES string of the molecule is CCCCNC(=O)C(Cc1ccccc1)N(Cc1ccccc1)C(=O)CN(c1cc(C)ccc1OC)S(C)(=O)=O. The van der Waals surface area contributed by atoms with E-state index >= 15 is 0 Å². The fraction of sp³-hybridized carbons (Fsp3) is 0.355. The highest BCUT2D eigenvalue weighted by molar-refractivity contribution is 7.92. The highest BCUT2D eigenvalue weighted by Crippen LogP contribution is 2.31. The second-order valence-corrected chi connectivity index (χ2v) is 11.7. The van der Waals surface area contributed by atoms with E-state index in [1.807, 2.05) is 80.6 Å². The minimum Gasteiger partial charge on any atom is -0.495 e. The lowest BCUT2D eigenvalue weighted by atomic mass is 10.0. The van der Waals surface area contributed by atoms with Crippen molar-refractivity contribution in [3.63, 3.8) is 0 Å². The first-order chi connectivity index (χ1) is 19.1. The number of unbranched alkanes of at least 4 members (excludes halogenated alkanes) is 1. The molecular weight excluding hydrogens is 526 g/mol. The monoisotopic (exact) mass is 565 g/mol. The third-order valence-electron chi connectivity index (χ3n) is 6.58. The van der Waals surface area contributed by atoms with E-state index in [1.165, 1.54) is 12.0 Å². The van der Waals surface area contributed by atoms with Gasteiger partial charge in [0.15, 0.2) is 0 Å². The van der Waals surface area contributed by atoms with Crippen LogP contribution in [-0.4, -0.2) is 57.6 Å². The standard InChI is InChI=1S/C31H39N3O5S/c1-5-6-19-32-31(36)28(21-25-13-9-7-10-14-25)33(22-26-15-11-8-12-16-26)30(35)23-34(40(4,37)38)27-20-24(2)17-18-29(27)39-3/h7-18,20,28H,5-6,19,21-23H2,1-4H3,(H,32,36). The summed E-state index contributed by atoms with van der Waals surface area (Å²) in [6.07, 6.45) is 3.07. The lowest BCUT2D eigenvalue weighted by Gasteiger charge is -2.33. The summed E-state index contributed by atoms with van der Waals surface area (Å²) in [6, 6.07) is 23.2. The first-order valence-corrected chi connectivity index (χ1v) is 15.3. The van der Waals surface area contributed by atoms with Gasteiger partial charge in [-0.3, -0.25) is 13.9 Å². The predicted molar refractivity (Wildman–Crippen MR) is 159 cm³/mol. The molecule has 0 spiro atoms. The van der Waals surface area contributed by atoms with Crippen LogP contribution < -0.4 is 14.4 Å². The molecule has 0 bridgehead atoms. The van der Waals surface area contributed by atoms with Crippen LogP contribution in [0.5, 0.6) is 5.75 Å². The maximum Gasteiger partial charge on any atom is 0.244 e. The summed E-state index contributed by atoms with van der Waals surface area (Å²) >= 11 is 0. The highest BCUT2D eigenvalue weighted by atomic mass is 32.2. The molecule has 1 atom stereocenters. The Morgan fingerprint density at radius 2 is 1.57 bits per heavy atom. The molecule has 0 fully saturated rings. The molecule has 0 heterocycles. The van der Waals surface area contributed by atoms with Gasteiger partial charge in [-0.1, -0.05) is 80.1 Å². The minimum absolute atomic E-state index is 0.140. The lowest BCUT2D eigenvalue weighted by Crippen LogP contribution is -2.53. The molecule has 9 heteroatoms. The molecule has 0 aliphatic carbocycles. The molecule has 3 aromatic carbocycles. The summed E-state index contributed by atoms with van der Waals surface area (Å²) in [7, 11) is -2.43. The van der Waals surface area contributed by atoms with Gasteiger partial charge in [-0.25, -0.2) is 8.42 Å².